The van der Waals surface area contributed by atoms with Crippen LogP contribution in [0.25, 0.3) is 5.69 Å². The Labute approximate surface area is 199 Å². The number of aryl methyl sites for hydroxylation is 1. The lowest BCUT2D eigenvalue weighted by atomic mass is 10.1. The van der Waals surface area contributed by atoms with Crippen molar-refractivity contribution in [2.45, 2.75) is 40.3 Å². The van der Waals surface area contributed by atoms with E-state index in [1.165, 1.54) is 23.5 Å². The van der Waals surface area contributed by atoms with Gasteiger partial charge < -0.3 is 14.7 Å². The molecule has 1 fully saturated rings. The maximum Gasteiger partial charge on any atom is 0.264 e. The molecule has 1 amide bonds. The Bertz CT molecular complexity index is 1090. The van der Waals surface area contributed by atoms with Crippen molar-refractivity contribution in [2.75, 3.05) is 37.6 Å². The summed E-state index contributed by atoms with van der Waals surface area (Å²) in [6, 6.07) is 10.3. The van der Waals surface area contributed by atoms with Crippen LogP contribution in [-0.2, 0) is 6.54 Å². The normalized spacial score (nSPS) is 14.8. The van der Waals surface area contributed by atoms with Gasteiger partial charge in [0.1, 0.15) is 11.6 Å². The Kier molecular flexibility index (Phi) is 7.14. The number of piperazine rings is 1. The van der Waals surface area contributed by atoms with Crippen molar-refractivity contribution in [1.29, 1.82) is 0 Å². The minimum Gasteiger partial charge on any atom is -0.354 e. The quantitative estimate of drug-likeness (QED) is 0.508. The van der Waals surface area contributed by atoms with Crippen molar-refractivity contribution in [1.82, 2.24) is 19.6 Å². The summed E-state index contributed by atoms with van der Waals surface area (Å²) >= 11 is 1.46. The molecule has 1 saturated heterocycles. The molecule has 0 spiro atoms. The van der Waals surface area contributed by atoms with Gasteiger partial charge in [0, 0.05) is 37.8 Å². The van der Waals surface area contributed by atoms with Crippen LogP contribution in [0.2, 0.25) is 0 Å². The monoisotopic (exact) mass is 469 g/mol. The van der Waals surface area contributed by atoms with Crippen LogP contribution in [0, 0.1) is 12.7 Å². The average molecular weight is 470 g/mol. The zero-order chi connectivity index (χ0) is 23.5. The van der Waals surface area contributed by atoms with E-state index in [0.717, 1.165) is 54.7 Å². The van der Waals surface area contributed by atoms with Crippen LogP contribution in [0.1, 0.15) is 41.7 Å². The lowest BCUT2D eigenvalue weighted by molar-refractivity contribution is 0.0695. The predicted octanol–water partition coefficient (Wildman–Crippen LogP) is 4.57. The van der Waals surface area contributed by atoms with Gasteiger partial charge in [0.15, 0.2) is 0 Å². The fraction of sp³-hybridized carbons (Fsp3) is 0.440. The second kappa shape index (κ2) is 10.1. The van der Waals surface area contributed by atoms with Crippen molar-refractivity contribution >= 4 is 23.1 Å². The molecule has 3 heterocycles. The number of carbonyl (C=O) groups excluding carboxylic acids is 1. The molecule has 0 unspecified atom stereocenters. The third-order valence-electron chi connectivity index (χ3n) is 6.27. The second-order valence-corrected chi connectivity index (χ2v) is 9.65. The van der Waals surface area contributed by atoms with Crippen molar-refractivity contribution in [3.05, 3.63) is 63.7 Å². The summed E-state index contributed by atoms with van der Waals surface area (Å²) in [5.74, 6) is 0.693. The number of nitrogens with zero attached hydrogens (tertiary/aromatic N) is 5. The third-order valence-corrected chi connectivity index (χ3v) is 7.13. The summed E-state index contributed by atoms with van der Waals surface area (Å²) < 4.78 is 15.9. The van der Waals surface area contributed by atoms with E-state index in [-0.39, 0.29) is 17.8 Å². The van der Waals surface area contributed by atoms with E-state index in [9.17, 15) is 9.18 Å². The maximum atomic E-state index is 14.1. The predicted molar refractivity (Wildman–Crippen MR) is 132 cm³/mol. The summed E-state index contributed by atoms with van der Waals surface area (Å²) in [6.07, 6.45) is 0. The Morgan fingerprint density at radius 2 is 1.94 bits per heavy atom. The van der Waals surface area contributed by atoms with Gasteiger partial charge in [-0.05, 0) is 57.0 Å². The van der Waals surface area contributed by atoms with E-state index in [4.69, 9.17) is 5.10 Å². The Morgan fingerprint density at radius 1 is 1.18 bits per heavy atom. The number of likely N-dealkylation sites (N-methyl/N-ethyl adjacent to an activating group) is 1. The lowest BCUT2D eigenvalue weighted by Gasteiger charge is -2.36. The van der Waals surface area contributed by atoms with E-state index in [0.29, 0.717) is 12.2 Å². The number of hydrogen-bond donors (Lipinski definition) is 0. The van der Waals surface area contributed by atoms with E-state index in [1.54, 1.807) is 6.07 Å². The smallest absolute Gasteiger partial charge is 0.264 e. The van der Waals surface area contributed by atoms with Crippen LogP contribution in [-0.4, -0.2) is 64.3 Å². The number of aromatic nitrogens is 2. The molecule has 0 N–H and O–H groups in total. The third kappa shape index (κ3) is 4.96. The molecular weight excluding hydrogens is 437 g/mol. The van der Waals surface area contributed by atoms with Crippen LogP contribution in [0.4, 0.5) is 10.2 Å². The molecule has 4 rings (SSSR count). The second-order valence-electron chi connectivity index (χ2n) is 8.70. The van der Waals surface area contributed by atoms with E-state index >= 15 is 0 Å². The van der Waals surface area contributed by atoms with Crippen LogP contribution in [0.5, 0.6) is 0 Å². The lowest BCUT2D eigenvalue weighted by Crippen LogP contribution is -2.47. The van der Waals surface area contributed by atoms with Crippen molar-refractivity contribution in [3.63, 3.8) is 0 Å². The molecule has 0 bridgehead atoms. The van der Waals surface area contributed by atoms with Crippen molar-refractivity contribution in [3.8, 4) is 5.69 Å². The standard InChI is InChI=1S/C25H32FN5OS/c1-5-28-11-13-29(14-12-28)24-22(17-30(18(2)3)25(32)23-10-7-15-33-23)19(4)27-31(24)21-9-6-8-20(26)16-21/h6-10,15-16,18H,5,11-14,17H2,1-4H3. The number of thiophene rings is 1. The molecule has 33 heavy (non-hydrogen) atoms. The number of hydrogen-bond acceptors (Lipinski definition) is 5. The van der Waals surface area contributed by atoms with Crippen molar-refractivity contribution < 1.29 is 9.18 Å². The molecule has 0 aliphatic carbocycles. The molecule has 0 atom stereocenters. The molecule has 6 nitrogen and oxygen atoms in total. The number of amides is 1. The fourth-order valence-electron chi connectivity index (χ4n) is 4.32. The molecule has 0 radical (unpaired) electrons. The Morgan fingerprint density at radius 3 is 2.55 bits per heavy atom. The number of anilines is 1. The number of rotatable bonds is 7. The zero-order valence-electron chi connectivity index (χ0n) is 19.8. The van der Waals surface area contributed by atoms with E-state index < -0.39 is 0 Å². The minimum absolute atomic E-state index is 0.0275. The Hall–Kier alpha value is -2.71. The van der Waals surface area contributed by atoms with Crippen LogP contribution >= 0.6 is 11.3 Å². The summed E-state index contributed by atoms with van der Waals surface area (Å²) in [7, 11) is 0. The van der Waals surface area contributed by atoms with Crippen molar-refractivity contribution in [2.24, 2.45) is 0 Å². The molecule has 3 aromatic rings. The van der Waals surface area contributed by atoms with Gasteiger partial charge in [0.2, 0.25) is 0 Å². The number of halogens is 1. The van der Waals surface area contributed by atoms with Crippen LogP contribution in [0.15, 0.2) is 41.8 Å². The van der Waals surface area contributed by atoms with Gasteiger partial charge in [-0.15, -0.1) is 11.3 Å². The van der Waals surface area contributed by atoms with Crippen LogP contribution in [0.3, 0.4) is 0 Å². The maximum absolute atomic E-state index is 14.1. The number of benzene rings is 1. The summed E-state index contributed by atoms with van der Waals surface area (Å²) in [6.45, 7) is 13.4. The molecular formula is C25H32FN5OS. The molecule has 2 aromatic heterocycles. The highest BCUT2D eigenvalue weighted by Crippen LogP contribution is 2.31. The highest BCUT2D eigenvalue weighted by Gasteiger charge is 2.29. The van der Waals surface area contributed by atoms with E-state index in [2.05, 4.69) is 16.7 Å². The largest absolute Gasteiger partial charge is 0.354 e. The molecule has 0 saturated carbocycles. The fourth-order valence-corrected chi connectivity index (χ4v) is 5.00. The Balaban J connectivity index is 1.76. The highest BCUT2D eigenvalue weighted by atomic mass is 32.1. The molecule has 1 aromatic carbocycles. The zero-order valence-corrected chi connectivity index (χ0v) is 20.6. The van der Waals surface area contributed by atoms with E-state index in [1.807, 2.05) is 53.9 Å². The summed E-state index contributed by atoms with van der Waals surface area (Å²) in [5, 5.41) is 6.76. The molecule has 8 heteroatoms. The van der Waals surface area contributed by atoms with Crippen LogP contribution < -0.4 is 4.90 Å². The molecule has 1 aliphatic heterocycles. The number of carbonyl (C=O) groups is 1. The van der Waals surface area contributed by atoms with Gasteiger partial charge in [-0.25, -0.2) is 9.07 Å². The van der Waals surface area contributed by atoms with Gasteiger partial charge in [-0.3, -0.25) is 4.79 Å². The summed E-state index contributed by atoms with van der Waals surface area (Å²) in [4.78, 5) is 20.7. The van der Waals surface area contributed by atoms with Gasteiger partial charge in [-0.1, -0.05) is 19.1 Å². The van der Waals surface area contributed by atoms with Gasteiger partial charge in [0.05, 0.1) is 22.8 Å². The average Bonchev–Trinajstić information content (AvgIpc) is 3.45. The SMILES string of the molecule is CCN1CCN(c2c(CN(C(=O)c3cccs3)C(C)C)c(C)nn2-c2cccc(F)c2)CC1. The topological polar surface area (TPSA) is 44.6 Å². The van der Waals surface area contributed by atoms with Gasteiger partial charge in [-0.2, -0.15) is 5.10 Å². The first-order valence-electron chi connectivity index (χ1n) is 11.5. The van der Waals surface area contributed by atoms with Gasteiger partial charge >= 0.3 is 0 Å². The molecule has 1 aliphatic rings. The highest BCUT2D eigenvalue weighted by molar-refractivity contribution is 7.12. The minimum atomic E-state index is -0.291. The first kappa shape index (κ1) is 23.4. The van der Waals surface area contributed by atoms with Gasteiger partial charge in [0.25, 0.3) is 5.91 Å². The first-order valence-corrected chi connectivity index (χ1v) is 12.4. The summed E-state index contributed by atoms with van der Waals surface area (Å²) in [5.41, 5.74) is 2.57. The first-order chi connectivity index (χ1) is 15.9. The molecule has 176 valence electrons.